The largest absolute Gasteiger partial charge is 0.375 e. The summed E-state index contributed by atoms with van der Waals surface area (Å²) >= 11 is 0. The van der Waals surface area contributed by atoms with Gasteiger partial charge in [0.2, 0.25) is 0 Å². The summed E-state index contributed by atoms with van der Waals surface area (Å²) in [7, 11) is 1.40. The van der Waals surface area contributed by atoms with Crippen molar-refractivity contribution in [2.45, 2.75) is 6.42 Å². The summed E-state index contributed by atoms with van der Waals surface area (Å²) in [4.78, 5) is 2.19. The molecule has 0 saturated carbocycles. The lowest BCUT2D eigenvalue weighted by Crippen LogP contribution is -2.19. The van der Waals surface area contributed by atoms with Gasteiger partial charge in [0.15, 0.2) is 0 Å². The average molecular weight is 211 g/mol. The van der Waals surface area contributed by atoms with Crippen LogP contribution in [0.5, 0.6) is 0 Å². The van der Waals surface area contributed by atoms with Gasteiger partial charge in [-0.05, 0) is 18.6 Å². The second-order valence-electron chi connectivity index (χ2n) is 3.39. The van der Waals surface area contributed by atoms with Crippen LogP contribution in [0.2, 0.25) is 0 Å². The van der Waals surface area contributed by atoms with Gasteiger partial charge in [0.05, 0.1) is 0 Å². The third-order valence-electron chi connectivity index (χ3n) is 2.12. The minimum atomic E-state index is -0.665. The van der Waals surface area contributed by atoms with Crippen LogP contribution in [0.1, 0.15) is 6.42 Å². The van der Waals surface area contributed by atoms with Gasteiger partial charge >= 0.3 is 0 Å². The number of para-hydroxylation sites is 1. The molecule has 0 radical (unpaired) electrons. The number of nitrogens with zero attached hydrogens (tertiary/aromatic N) is 1. The minimum absolute atomic E-state index is 0.665. The predicted octanol–water partition coefficient (Wildman–Crippen LogP) is 1.89. The smallest absolute Gasteiger partial charge is 0.0363 e. The highest BCUT2D eigenvalue weighted by Crippen LogP contribution is 2.10. The van der Waals surface area contributed by atoms with Crippen LogP contribution in [0.3, 0.4) is 0 Å². The summed E-state index contributed by atoms with van der Waals surface area (Å²) < 4.78 is 10.9. The average Bonchev–Trinajstić information content (AvgIpc) is 2.18. The Bertz CT molecular complexity index is 287. The van der Waals surface area contributed by atoms with Crippen molar-refractivity contribution in [3.8, 4) is 0 Å². The van der Waals surface area contributed by atoms with Gasteiger partial charge in [-0.3, -0.25) is 4.21 Å². The molecular formula is C11H17NOS. The first kappa shape index (κ1) is 11.2. The van der Waals surface area contributed by atoms with Gasteiger partial charge in [0, 0.05) is 42.1 Å². The molecule has 14 heavy (non-hydrogen) atoms. The standard InChI is InChI=1S/C11H17NOS/c1-12(9-6-10-14(2)13)11-7-4-3-5-8-11/h3-5,7-8H,6,9-10H2,1-2H3. The number of hydrogen-bond acceptors (Lipinski definition) is 2. The van der Waals surface area contributed by atoms with Gasteiger partial charge in [-0.1, -0.05) is 18.2 Å². The van der Waals surface area contributed by atoms with E-state index < -0.39 is 10.8 Å². The molecule has 3 heteroatoms. The van der Waals surface area contributed by atoms with Gasteiger partial charge < -0.3 is 4.90 Å². The minimum Gasteiger partial charge on any atom is -0.375 e. The molecule has 2 nitrogen and oxygen atoms in total. The van der Waals surface area contributed by atoms with Gasteiger partial charge in [0.25, 0.3) is 0 Å². The third-order valence-corrected chi connectivity index (χ3v) is 2.99. The molecule has 1 unspecified atom stereocenters. The zero-order chi connectivity index (χ0) is 10.4. The van der Waals surface area contributed by atoms with E-state index in [1.54, 1.807) is 6.26 Å². The molecule has 0 saturated heterocycles. The highest BCUT2D eigenvalue weighted by Gasteiger charge is 1.99. The summed E-state index contributed by atoms with van der Waals surface area (Å²) in [5.41, 5.74) is 1.22. The van der Waals surface area contributed by atoms with E-state index in [2.05, 4.69) is 24.1 Å². The molecule has 0 amide bonds. The topological polar surface area (TPSA) is 20.3 Å². The lowest BCUT2D eigenvalue weighted by Gasteiger charge is -2.18. The lowest BCUT2D eigenvalue weighted by molar-refractivity contribution is 0.683. The van der Waals surface area contributed by atoms with Crippen molar-refractivity contribution in [2.75, 3.05) is 30.5 Å². The molecule has 0 aliphatic heterocycles. The quantitative estimate of drug-likeness (QED) is 0.741. The second-order valence-corrected chi connectivity index (χ2v) is 4.94. The fourth-order valence-electron chi connectivity index (χ4n) is 1.32. The van der Waals surface area contributed by atoms with Crippen molar-refractivity contribution in [2.24, 2.45) is 0 Å². The van der Waals surface area contributed by atoms with Gasteiger partial charge in [-0.15, -0.1) is 0 Å². The first-order valence-electron chi connectivity index (χ1n) is 4.76. The molecule has 1 aromatic carbocycles. The van der Waals surface area contributed by atoms with Gasteiger partial charge in [0.1, 0.15) is 0 Å². The summed E-state index contributed by atoms with van der Waals surface area (Å²) in [6.45, 7) is 0.962. The number of hydrogen-bond donors (Lipinski definition) is 0. The Labute approximate surface area is 88.4 Å². The lowest BCUT2D eigenvalue weighted by atomic mass is 10.3. The summed E-state index contributed by atoms with van der Waals surface area (Å²) in [6, 6.07) is 10.2. The Morgan fingerprint density at radius 3 is 2.50 bits per heavy atom. The maximum absolute atomic E-state index is 10.9. The maximum atomic E-state index is 10.9. The van der Waals surface area contributed by atoms with Crippen LogP contribution in [-0.4, -0.2) is 29.8 Å². The van der Waals surface area contributed by atoms with Crippen LogP contribution in [0.15, 0.2) is 30.3 Å². The first-order valence-corrected chi connectivity index (χ1v) is 6.49. The van der Waals surface area contributed by atoms with E-state index in [4.69, 9.17) is 0 Å². The Kier molecular flexibility index (Phi) is 4.66. The van der Waals surface area contributed by atoms with Crippen molar-refractivity contribution in [3.63, 3.8) is 0 Å². The highest BCUT2D eigenvalue weighted by molar-refractivity contribution is 7.84. The Hall–Kier alpha value is -0.830. The fourth-order valence-corrected chi connectivity index (χ4v) is 1.85. The van der Waals surface area contributed by atoms with Crippen LogP contribution >= 0.6 is 0 Å². The molecule has 1 rings (SSSR count). The Morgan fingerprint density at radius 2 is 1.93 bits per heavy atom. The van der Waals surface area contributed by atoms with Crippen molar-refractivity contribution >= 4 is 16.5 Å². The zero-order valence-corrected chi connectivity index (χ0v) is 9.59. The van der Waals surface area contributed by atoms with E-state index in [-0.39, 0.29) is 0 Å². The molecule has 0 spiro atoms. The van der Waals surface area contributed by atoms with E-state index in [1.165, 1.54) is 5.69 Å². The SMILES string of the molecule is CN(CCCS(C)=O)c1ccccc1. The van der Waals surface area contributed by atoms with Crippen molar-refractivity contribution < 1.29 is 4.21 Å². The van der Waals surface area contributed by atoms with Crippen LogP contribution in [-0.2, 0) is 10.8 Å². The number of rotatable bonds is 5. The molecule has 0 fully saturated rings. The van der Waals surface area contributed by atoms with Crippen LogP contribution in [0.4, 0.5) is 5.69 Å². The number of anilines is 1. The van der Waals surface area contributed by atoms with E-state index >= 15 is 0 Å². The third kappa shape index (κ3) is 3.92. The molecule has 1 aromatic rings. The van der Waals surface area contributed by atoms with Crippen LogP contribution in [0.25, 0.3) is 0 Å². The number of benzene rings is 1. The van der Waals surface area contributed by atoms with Gasteiger partial charge in [-0.2, -0.15) is 0 Å². The van der Waals surface area contributed by atoms with Crippen LogP contribution in [0, 0.1) is 0 Å². The van der Waals surface area contributed by atoms with Gasteiger partial charge in [-0.25, -0.2) is 0 Å². The molecule has 1 atom stereocenters. The maximum Gasteiger partial charge on any atom is 0.0363 e. The molecule has 0 N–H and O–H groups in total. The summed E-state index contributed by atoms with van der Waals surface area (Å²) in [5, 5.41) is 0. The molecular weight excluding hydrogens is 194 g/mol. The monoisotopic (exact) mass is 211 g/mol. The molecule has 0 bridgehead atoms. The molecule has 0 aliphatic rings. The molecule has 0 heterocycles. The molecule has 0 aliphatic carbocycles. The van der Waals surface area contributed by atoms with Crippen LogP contribution < -0.4 is 4.90 Å². The van der Waals surface area contributed by atoms with E-state index in [0.29, 0.717) is 0 Å². The second kappa shape index (κ2) is 5.81. The van der Waals surface area contributed by atoms with E-state index in [9.17, 15) is 4.21 Å². The first-order chi connectivity index (χ1) is 6.70. The van der Waals surface area contributed by atoms with Crippen molar-refractivity contribution in [1.29, 1.82) is 0 Å². The van der Waals surface area contributed by atoms with E-state index in [1.807, 2.05) is 18.2 Å². The summed E-state index contributed by atoms with van der Waals surface area (Å²) in [5.74, 6) is 0.789. The Morgan fingerprint density at radius 1 is 1.29 bits per heavy atom. The molecule has 78 valence electrons. The normalized spacial score (nSPS) is 12.4. The van der Waals surface area contributed by atoms with E-state index in [0.717, 1.165) is 18.7 Å². The molecule has 0 aromatic heterocycles. The zero-order valence-electron chi connectivity index (χ0n) is 8.77. The fraction of sp³-hybridized carbons (Fsp3) is 0.455. The predicted molar refractivity (Wildman–Crippen MR) is 63.3 cm³/mol. The summed E-state index contributed by atoms with van der Waals surface area (Å²) in [6.07, 6.45) is 2.73. The van der Waals surface area contributed by atoms with Crippen molar-refractivity contribution in [3.05, 3.63) is 30.3 Å². The van der Waals surface area contributed by atoms with Crippen molar-refractivity contribution in [1.82, 2.24) is 0 Å². The Balaban J connectivity index is 2.36. The highest BCUT2D eigenvalue weighted by atomic mass is 32.2.